The number of aliphatic hydroxyl groups is 2. The molecule has 1 radical (unpaired) electrons. The van der Waals surface area contributed by atoms with E-state index in [0.29, 0.717) is 0 Å². The summed E-state index contributed by atoms with van der Waals surface area (Å²) in [6.07, 6.45) is 0. The topological polar surface area (TPSA) is 40.5 Å². The van der Waals surface area contributed by atoms with Crippen molar-refractivity contribution in [2.24, 2.45) is 0 Å². The molecule has 0 heterocycles. The van der Waals surface area contributed by atoms with E-state index in [1.165, 1.54) is 0 Å². The second-order valence-corrected chi connectivity index (χ2v) is 0.632. The van der Waals surface area contributed by atoms with Crippen LogP contribution in [0, 0.1) is 0 Å². The molecule has 0 saturated heterocycles. The molecule has 0 rings (SSSR count). The van der Waals surface area contributed by atoms with E-state index in [2.05, 4.69) is 0 Å². The van der Waals surface area contributed by atoms with Gasteiger partial charge in [-0.3, -0.25) is 0 Å². The quantitative estimate of drug-likeness (QED) is 0.406. The number of hydrogen-bond acceptors (Lipinski definition) is 2. The molecule has 0 aromatic rings. The first-order chi connectivity index (χ1) is 2.83. The van der Waals surface area contributed by atoms with Gasteiger partial charge in [0, 0.05) is 32.1 Å². The maximum absolute atomic E-state index is 7.57. The van der Waals surface area contributed by atoms with Crippen LogP contribution >= 0.6 is 0 Å². The fraction of sp³-hybridized carbons (Fsp3) is 1.00. The van der Waals surface area contributed by atoms with Crippen LogP contribution in [0.2, 0.25) is 0 Å². The molecule has 0 atom stereocenters. The van der Waals surface area contributed by atoms with Gasteiger partial charge in [-0.15, -0.1) is 0 Å². The SMILES string of the molecule is CCO.CCO.[Li]. The molecule has 3 heteroatoms. The van der Waals surface area contributed by atoms with Gasteiger partial charge in [0.2, 0.25) is 0 Å². The fourth-order valence-electron chi connectivity index (χ4n) is 0. The number of rotatable bonds is 0. The van der Waals surface area contributed by atoms with Crippen molar-refractivity contribution in [1.29, 1.82) is 0 Å². The third-order valence-corrected chi connectivity index (χ3v) is 0. The minimum atomic E-state index is 0. The molecule has 0 aliphatic heterocycles. The predicted molar refractivity (Wildman–Crippen MR) is 31.3 cm³/mol. The van der Waals surface area contributed by atoms with Gasteiger partial charge < -0.3 is 10.2 Å². The molecule has 0 spiro atoms. The van der Waals surface area contributed by atoms with Crippen molar-refractivity contribution < 1.29 is 10.2 Å². The first-order valence-electron chi connectivity index (χ1n) is 2.05. The van der Waals surface area contributed by atoms with Crippen molar-refractivity contribution in [3.05, 3.63) is 0 Å². The van der Waals surface area contributed by atoms with Gasteiger partial charge in [-0.05, 0) is 13.8 Å². The third-order valence-electron chi connectivity index (χ3n) is 0. The van der Waals surface area contributed by atoms with Crippen molar-refractivity contribution in [3.8, 4) is 0 Å². The summed E-state index contributed by atoms with van der Waals surface area (Å²) in [4.78, 5) is 0. The van der Waals surface area contributed by atoms with Gasteiger partial charge in [0.15, 0.2) is 0 Å². The van der Waals surface area contributed by atoms with E-state index in [1.54, 1.807) is 13.8 Å². The molecular weight excluding hydrogens is 87.0 g/mol. The van der Waals surface area contributed by atoms with Gasteiger partial charge in [0.25, 0.3) is 0 Å². The summed E-state index contributed by atoms with van der Waals surface area (Å²) < 4.78 is 0. The summed E-state index contributed by atoms with van der Waals surface area (Å²) in [5.41, 5.74) is 0. The predicted octanol–water partition coefficient (Wildman–Crippen LogP) is -0.384. The maximum Gasteiger partial charge on any atom is 0.0402 e. The van der Waals surface area contributed by atoms with Gasteiger partial charge in [-0.2, -0.15) is 0 Å². The Morgan fingerprint density at radius 2 is 1.00 bits per heavy atom. The van der Waals surface area contributed by atoms with Crippen LogP contribution in [0.5, 0.6) is 0 Å². The minimum absolute atomic E-state index is 0. The van der Waals surface area contributed by atoms with Crippen LogP contribution in [-0.2, 0) is 0 Å². The Kier molecular flexibility index (Phi) is 70.0. The molecule has 0 aromatic carbocycles. The Morgan fingerprint density at radius 1 is 1.00 bits per heavy atom. The summed E-state index contributed by atoms with van der Waals surface area (Å²) in [5.74, 6) is 0. The van der Waals surface area contributed by atoms with Crippen LogP contribution in [0.4, 0.5) is 0 Å². The molecule has 0 amide bonds. The molecule has 0 aliphatic carbocycles. The molecule has 0 unspecified atom stereocenters. The molecule has 0 aromatic heterocycles. The van der Waals surface area contributed by atoms with Gasteiger partial charge >= 0.3 is 0 Å². The van der Waals surface area contributed by atoms with E-state index in [4.69, 9.17) is 10.2 Å². The normalized spacial score (nSPS) is 5.14. The summed E-state index contributed by atoms with van der Waals surface area (Å²) in [6, 6.07) is 0. The number of hydrogen-bond donors (Lipinski definition) is 2. The molecule has 0 fully saturated rings. The van der Waals surface area contributed by atoms with E-state index in [1.807, 2.05) is 0 Å². The van der Waals surface area contributed by atoms with Crippen LogP contribution < -0.4 is 0 Å². The smallest absolute Gasteiger partial charge is 0.0402 e. The Balaban J connectivity index is -0.0000000400. The van der Waals surface area contributed by atoms with Crippen LogP contribution in [0.25, 0.3) is 0 Å². The van der Waals surface area contributed by atoms with Crippen molar-refractivity contribution in [2.45, 2.75) is 13.8 Å². The molecule has 0 aliphatic rings. The molecule has 41 valence electrons. The standard InChI is InChI=1S/2C2H6O.Li/c2*1-2-3;/h2*3H,2H2,1H3;. The average molecular weight is 99.1 g/mol. The Morgan fingerprint density at radius 3 is 1.00 bits per heavy atom. The van der Waals surface area contributed by atoms with E-state index < -0.39 is 0 Å². The van der Waals surface area contributed by atoms with Gasteiger partial charge in [-0.25, -0.2) is 0 Å². The van der Waals surface area contributed by atoms with Crippen molar-refractivity contribution in [3.63, 3.8) is 0 Å². The minimum Gasteiger partial charge on any atom is -0.397 e. The summed E-state index contributed by atoms with van der Waals surface area (Å²) in [7, 11) is 0. The van der Waals surface area contributed by atoms with Crippen LogP contribution in [0.1, 0.15) is 13.8 Å². The van der Waals surface area contributed by atoms with Crippen molar-refractivity contribution >= 4 is 18.9 Å². The fourth-order valence-corrected chi connectivity index (χ4v) is 0. The first kappa shape index (κ1) is 15.6. The summed E-state index contributed by atoms with van der Waals surface area (Å²) in [5, 5.41) is 15.1. The van der Waals surface area contributed by atoms with Gasteiger partial charge in [-0.1, -0.05) is 0 Å². The molecule has 0 saturated carbocycles. The Bertz CT molecular complexity index is 11.7. The molecule has 2 nitrogen and oxygen atoms in total. The Labute approximate surface area is 56.7 Å². The molecule has 2 N–H and O–H groups in total. The zero-order chi connectivity index (χ0) is 5.41. The van der Waals surface area contributed by atoms with Gasteiger partial charge in [0.05, 0.1) is 0 Å². The third kappa shape index (κ3) is 497. The van der Waals surface area contributed by atoms with Crippen LogP contribution in [0.15, 0.2) is 0 Å². The van der Waals surface area contributed by atoms with E-state index >= 15 is 0 Å². The van der Waals surface area contributed by atoms with Crippen LogP contribution in [-0.4, -0.2) is 42.3 Å². The largest absolute Gasteiger partial charge is 0.397 e. The van der Waals surface area contributed by atoms with Crippen molar-refractivity contribution in [2.75, 3.05) is 13.2 Å². The molecular formula is C4H12LiO2. The second-order valence-electron chi connectivity index (χ2n) is 0.632. The Hall–Kier alpha value is 0.517. The zero-order valence-corrected chi connectivity index (χ0v) is 5.31. The maximum atomic E-state index is 7.57. The van der Waals surface area contributed by atoms with E-state index in [9.17, 15) is 0 Å². The first-order valence-corrected chi connectivity index (χ1v) is 2.05. The van der Waals surface area contributed by atoms with E-state index in [-0.39, 0.29) is 32.1 Å². The molecule has 7 heavy (non-hydrogen) atoms. The van der Waals surface area contributed by atoms with Gasteiger partial charge in [0.1, 0.15) is 0 Å². The van der Waals surface area contributed by atoms with Crippen molar-refractivity contribution in [1.82, 2.24) is 0 Å². The summed E-state index contributed by atoms with van der Waals surface area (Å²) in [6.45, 7) is 3.86. The average Bonchev–Trinajstić information content (AvgIpc) is 1.39. The number of aliphatic hydroxyl groups excluding tert-OH is 2. The second kappa shape index (κ2) is 31.3. The van der Waals surface area contributed by atoms with Crippen LogP contribution in [0.3, 0.4) is 0 Å². The van der Waals surface area contributed by atoms with E-state index in [0.717, 1.165) is 0 Å². The zero-order valence-electron chi connectivity index (χ0n) is 5.31. The molecule has 0 bridgehead atoms. The monoisotopic (exact) mass is 99.1 g/mol. The summed E-state index contributed by atoms with van der Waals surface area (Å²) >= 11 is 0.